The summed E-state index contributed by atoms with van der Waals surface area (Å²) >= 11 is 0. The van der Waals surface area contributed by atoms with E-state index in [0.717, 1.165) is 23.8 Å². The Morgan fingerprint density at radius 3 is 2.29 bits per heavy atom. The summed E-state index contributed by atoms with van der Waals surface area (Å²) in [7, 11) is 7.02. The molecule has 0 heterocycles. The van der Waals surface area contributed by atoms with Gasteiger partial charge in [-0.1, -0.05) is 6.07 Å². The van der Waals surface area contributed by atoms with Gasteiger partial charge in [0.1, 0.15) is 0 Å². The fourth-order valence-corrected chi connectivity index (χ4v) is 2.89. The second-order valence-electron chi connectivity index (χ2n) is 5.55. The molecule has 1 atom stereocenters. The Hall–Kier alpha value is -1.46. The predicted molar refractivity (Wildman–Crippen MR) is 83.1 cm³/mol. The van der Waals surface area contributed by atoms with Crippen molar-refractivity contribution in [3.05, 3.63) is 17.7 Å². The lowest BCUT2D eigenvalue weighted by Crippen LogP contribution is -2.39. The topological polar surface area (TPSA) is 57.0 Å². The Labute approximate surface area is 127 Å². The Balaban J connectivity index is 2.22. The van der Waals surface area contributed by atoms with E-state index < -0.39 is 0 Å². The van der Waals surface area contributed by atoms with Gasteiger partial charge in [0, 0.05) is 24.7 Å². The highest BCUT2D eigenvalue weighted by atomic mass is 16.5. The van der Waals surface area contributed by atoms with Gasteiger partial charge < -0.3 is 19.9 Å². The number of methoxy groups -OCH3 is 3. The van der Waals surface area contributed by atoms with E-state index in [0.29, 0.717) is 24.1 Å². The van der Waals surface area contributed by atoms with Gasteiger partial charge in [0.25, 0.3) is 0 Å². The van der Waals surface area contributed by atoms with Gasteiger partial charge in [0.2, 0.25) is 5.75 Å². The van der Waals surface area contributed by atoms with Crippen molar-refractivity contribution in [3.8, 4) is 17.2 Å². The molecule has 1 aromatic rings. The number of nitrogens with zero attached hydrogens (tertiary/aromatic N) is 1. The lowest BCUT2D eigenvalue weighted by atomic mass is 10.1. The zero-order valence-electron chi connectivity index (χ0n) is 13.4. The van der Waals surface area contributed by atoms with Crippen molar-refractivity contribution in [1.29, 1.82) is 0 Å². The number of ether oxygens (including phenoxy) is 3. The molecule has 1 unspecified atom stereocenters. The van der Waals surface area contributed by atoms with Crippen LogP contribution in [0.3, 0.4) is 0 Å². The molecular formula is C16H26N2O3. The minimum Gasteiger partial charge on any atom is -0.493 e. The molecule has 0 radical (unpaired) electrons. The van der Waals surface area contributed by atoms with Crippen molar-refractivity contribution in [3.63, 3.8) is 0 Å². The number of benzene rings is 1. The Morgan fingerprint density at radius 1 is 1.14 bits per heavy atom. The van der Waals surface area contributed by atoms with Crippen LogP contribution in [-0.4, -0.2) is 45.9 Å². The van der Waals surface area contributed by atoms with Crippen molar-refractivity contribution in [1.82, 2.24) is 4.90 Å². The molecule has 118 valence electrons. The number of nitrogens with two attached hydrogens (primary N) is 1. The number of likely N-dealkylation sites (N-methyl/N-ethyl adjacent to an activating group) is 1. The molecule has 1 aliphatic rings. The maximum absolute atomic E-state index is 5.92. The van der Waals surface area contributed by atoms with E-state index in [2.05, 4.69) is 11.9 Å². The quantitative estimate of drug-likeness (QED) is 0.793. The first-order valence-electron chi connectivity index (χ1n) is 7.34. The molecule has 1 aliphatic carbocycles. The summed E-state index contributed by atoms with van der Waals surface area (Å²) in [4.78, 5) is 2.31. The maximum Gasteiger partial charge on any atom is 0.203 e. The van der Waals surface area contributed by atoms with Crippen LogP contribution in [0, 0.1) is 5.92 Å². The molecule has 5 nitrogen and oxygen atoms in total. The van der Waals surface area contributed by atoms with Gasteiger partial charge in [-0.05, 0) is 31.9 Å². The van der Waals surface area contributed by atoms with Crippen LogP contribution >= 0.6 is 0 Å². The van der Waals surface area contributed by atoms with Gasteiger partial charge in [-0.3, -0.25) is 4.90 Å². The number of rotatable bonds is 8. The van der Waals surface area contributed by atoms with E-state index in [1.165, 1.54) is 12.8 Å². The monoisotopic (exact) mass is 294 g/mol. The molecule has 0 amide bonds. The molecule has 1 saturated carbocycles. The van der Waals surface area contributed by atoms with E-state index in [1.807, 2.05) is 12.1 Å². The first-order chi connectivity index (χ1) is 10.2. The van der Waals surface area contributed by atoms with Gasteiger partial charge in [-0.25, -0.2) is 0 Å². The highest BCUT2D eigenvalue weighted by Crippen LogP contribution is 2.41. The van der Waals surface area contributed by atoms with Crippen molar-refractivity contribution in [2.45, 2.75) is 25.4 Å². The van der Waals surface area contributed by atoms with Crippen LogP contribution in [0.2, 0.25) is 0 Å². The molecule has 2 rings (SSSR count). The summed E-state index contributed by atoms with van der Waals surface area (Å²) < 4.78 is 16.3. The summed E-state index contributed by atoms with van der Waals surface area (Å²) in [5, 5.41) is 0. The Morgan fingerprint density at radius 2 is 1.81 bits per heavy atom. The minimum absolute atomic E-state index is 0.433. The SMILES string of the molecule is COc1ccc(CN(C)C(CN)C2CC2)c(OC)c1OC. The van der Waals surface area contributed by atoms with Gasteiger partial charge in [0.15, 0.2) is 11.5 Å². The maximum atomic E-state index is 5.92. The lowest BCUT2D eigenvalue weighted by molar-refractivity contribution is 0.212. The molecule has 21 heavy (non-hydrogen) atoms. The lowest BCUT2D eigenvalue weighted by Gasteiger charge is -2.28. The van der Waals surface area contributed by atoms with E-state index in [1.54, 1.807) is 21.3 Å². The summed E-state index contributed by atoms with van der Waals surface area (Å²) in [5.74, 6) is 2.79. The number of hydrogen-bond acceptors (Lipinski definition) is 5. The first-order valence-corrected chi connectivity index (χ1v) is 7.34. The highest BCUT2D eigenvalue weighted by molar-refractivity contribution is 5.55. The van der Waals surface area contributed by atoms with Crippen LogP contribution in [0.15, 0.2) is 12.1 Å². The predicted octanol–water partition coefficient (Wildman–Crippen LogP) is 1.88. The largest absolute Gasteiger partial charge is 0.493 e. The third-order valence-corrected chi connectivity index (χ3v) is 4.18. The van der Waals surface area contributed by atoms with Crippen molar-refractivity contribution < 1.29 is 14.2 Å². The van der Waals surface area contributed by atoms with Gasteiger partial charge in [-0.2, -0.15) is 0 Å². The third-order valence-electron chi connectivity index (χ3n) is 4.18. The molecule has 0 spiro atoms. The van der Waals surface area contributed by atoms with Crippen molar-refractivity contribution in [2.75, 3.05) is 34.9 Å². The molecule has 0 aromatic heterocycles. The molecule has 5 heteroatoms. The van der Waals surface area contributed by atoms with Crippen LogP contribution in [0.4, 0.5) is 0 Å². The molecule has 0 saturated heterocycles. The molecule has 0 bridgehead atoms. The second-order valence-corrected chi connectivity index (χ2v) is 5.55. The Kier molecular flexibility index (Phi) is 5.31. The summed E-state index contributed by atoms with van der Waals surface area (Å²) in [5.41, 5.74) is 7.00. The molecule has 1 fully saturated rings. The van der Waals surface area contributed by atoms with Crippen LogP contribution in [0.1, 0.15) is 18.4 Å². The van der Waals surface area contributed by atoms with Gasteiger partial charge in [-0.15, -0.1) is 0 Å². The molecule has 1 aromatic carbocycles. The zero-order chi connectivity index (χ0) is 15.4. The van der Waals surface area contributed by atoms with Crippen LogP contribution in [0.25, 0.3) is 0 Å². The van der Waals surface area contributed by atoms with Crippen molar-refractivity contribution >= 4 is 0 Å². The van der Waals surface area contributed by atoms with Crippen LogP contribution in [0.5, 0.6) is 17.2 Å². The fourth-order valence-electron chi connectivity index (χ4n) is 2.89. The highest BCUT2D eigenvalue weighted by Gasteiger charge is 2.33. The normalized spacial score (nSPS) is 15.9. The second kappa shape index (κ2) is 7.00. The first kappa shape index (κ1) is 15.9. The average molecular weight is 294 g/mol. The van der Waals surface area contributed by atoms with Gasteiger partial charge >= 0.3 is 0 Å². The third kappa shape index (κ3) is 3.41. The van der Waals surface area contributed by atoms with Crippen LogP contribution < -0.4 is 19.9 Å². The van der Waals surface area contributed by atoms with Crippen LogP contribution in [-0.2, 0) is 6.54 Å². The molecule has 2 N–H and O–H groups in total. The van der Waals surface area contributed by atoms with E-state index in [-0.39, 0.29) is 0 Å². The average Bonchev–Trinajstić information content (AvgIpc) is 3.32. The van der Waals surface area contributed by atoms with E-state index in [9.17, 15) is 0 Å². The van der Waals surface area contributed by atoms with E-state index >= 15 is 0 Å². The standard InChI is InChI=1S/C16H26N2O3/c1-18(13(9-17)11-5-6-11)10-12-7-8-14(19-2)16(21-4)15(12)20-3/h7-8,11,13H,5-6,9-10,17H2,1-4H3. The summed E-state index contributed by atoms with van der Waals surface area (Å²) in [6.07, 6.45) is 2.57. The van der Waals surface area contributed by atoms with Crippen molar-refractivity contribution in [2.24, 2.45) is 11.7 Å². The smallest absolute Gasteiger partial charge is 0.203 e. The minimum atomic E-state index is 0.433. The number of hydrogen-bond donors (Lipinski definition) is 1. The van der Waals surface area contributed by atoms with Gasteiger partial charge in [0.05, 0.1) is 21.3 Å². The Bertz CT molecular complexity index is 475. The summed E-state index contributed by atoms with van der Waals surface area (Å²) in [6.45, 7) is 1.47. The fraction of sp³-hybridized carbons (Fsp3) is 0.625. The molecule has 0 aliphatic heterocycles. The van der Waals surface area contributed by atoms with E-state index in [4.69, 9.17) is 19.9 Å². The zero-order valence-corrected chi connectivity index (χ0v) is 13.4. The summed E-state index contributed by atoms with van der Waals surface area (Å²) in [6, 6.07) is 4.37. The molecular weight excluding hydrogens is 268 g/mol.